The lowest BCUT2D eigenvalue weighted by molar-refractivity contribution is -0.122. The molecule has 0 aliphatic heterocycles. The highest BCUT2D eigenvalue weighted by Crippen LogP contribution is 1.88. The van der Waals surface area contributed by atoms with Crippen molar-refractivity contribution in [1.82, 2.24) is 25.4 Å². The van der Waals surface area contributed by atoms with Crippen LogP contribution in [0, 0.1) is 0 Å². The molecular weight excluding hydrogens is 194 g/mol. The molecule has 0 fully saturated rings. The number of hydrogen-bond acceptors (Lipinski definition) is 4. The number of aromatic nitrogens is 3. The van der Waals surface area contributed by atoms with Gasteiger partial charge < -0.3 is 10.6 Å². The topological polar surface area (TPSA) is 71.8 Å². The molecule has 15 heavy (non-hydrogen) atoms. The van der Waals surface area contributed by atoms with Gasteiger partial charge in [-0.3, -0.25) is 9.48 Å². The van der Waals surface area contributed by atoms with Crippen molar-refractivity contribution in [3.63, 3.8) is 0 Å². The number of nitrogens with zero attached hydrogens (tertiary/aromatic N) is 3. The van der Waals surface area contributed by atoms with Crippen molar-refractivity contribution >= 4 is 5.91 Å². The van der Waals surface area contributed by atoms with E-state index in [1.54, 1.807) is 18.1 Å². The Bertz CT molecular complexity index is 322. The molecule has 1 amide bonds. The van der Waals surface area contributed by atoms with Gasteiger partial charge in [-0.05, 0) is 14.0 Å². The Labute approximate surface area is 89.1 Å². The molecule has 0 aliphatic carbocycles. The van der Waals surface area contributed by atoms with E-state index in [2.05, 4.69) is 20.7 Å². The van der Waals surface area contributed by atoms with Crippen molar-refractivity contribution in [2.24, 2.45) is 7.05 Å². The van der Waals surface area contributed by atoms with E-state index in [1.165, 1.54) is 0 Å². The van der Waals surface area contributed by atoms with Crippen LogP contribution in [0.4, 0.5) is 0 Å². The van der Waals surface area contributed by atoms with Crippen LogP contribution in [0.2, 0.25) is 0 Å². The summed E-state index contributed by atoms with van der Waals surface area (Å²) in [5.74, 6) is 0.739. The number of hydrogen-bond donors (Lipinski definition) is 2. The van der Waals surface area contributed by atoms with Crippen LogP contribution in [0.15, 0.2) is 6.33 Å². The lowest BCUT2D eigenvalue weighted by Gasteiger charge is -2.09. The summed E-state index contributed by atoms with van der Waals surface area (Å²) in [6, 6.07) is -0.165. The Morgan fingerprint density at radius 2 is 2.40 bits per heavy atom. The molecule has 0 saturated heterocycles. The van der Waals surface area contributed by atoms with Crippen LogP contribution in [0.1, 0.15) is 12.7 Å². The molecule has 0 aromatic carbocycles. The molecule has 6 heteroatoms. The largest absolute Gasteiger partial charge is 0.354 e. The molecule has 1 aromatic rings. The van der Waals surface area contributed by atoms with Gasteiger partial charge in [-0.25, -0.2) is 4.98 Å². The molecule has 0 aliphatic rings. The monoisotopic (exact) mass is 211 g/mol. The van der Waals surface area contributed by atoms with Crippen LogP contribution in [0.3, 0.4) is 0 Å². The first-order valence-electron chi connectivity index (χ1n) is 4.93. The molecule has 6 nitrogen and oxygen atoms in total. The number of carbonyl (C=O) groups excluding carboxylic acids is 1. The fourth-order valence-electron chi connectivity index (χ4n) is 1.08. The zero-order chi connectivity index (χ0) is 11.3. The molecular formula is C9H17N5O. The molecule has 1 unspecified atom stereocenters. The Morgan fingerprint density at radius 3 is 2.93 bits per heavy atom. The maximum atomic E-state index is 11.3. The van der Waals surface area contributed by atoms with Crippen LogP contribution in [-0.4, -0.2) is 40.3 Å². The van der Waals surface area contributed by atoms with Crippen molar-refractivity contribution in [2.75, 3.05) is 13.6 Å². The summed E-state index contributed by atoms with van der Waals surface area (Å²) >= 11 is 0. The van der Waals surface area contributed by atoms with E-state index in [0.29, 0.717) is 13.0 Å². The second kappa shape index (κ2) is 5.45. The third-order valence-corrected chi connectivity index (χ3v) is 2.12. The highest BCUT2D eigenvalue weighted by atomic mass is 16.2. The van der Waals surface area contributed by atoms with E-state index < -0.39 is 0 Å². The second-order valence-electron chi connectivity index (χ2n) is 3.39. The third kappa shape index (κ3) is 3.67. The van der Waals surface area contributed by atoms with Gasteiger partial charge in [0.05, 0.1) is 6.04 Å². The summed E-state index contributed by atoms with van der Waals surface area (Å²) < 4.78 is 1.65. The maximum absolute atomic E-state index is 11.3. The molecule has 0 saturated carbocycles. The summed E-state index contributed by atoms with van der Waals surface area (Å²) in [6.45, 7) is 2.38. The molecule has 0 bridgehead atoms. The first-order valence-corrected chi connectivity index (χ1v) is 4.93. The maximum Gasteiger partial charge on any atom is 0.236 e. The van der Waals surface area contributed by atoms with Crippen molar-refractivity contribution in [3.05, 3.63) is 12.2 Å². The molecule has 0 radical (unpaired) electrons. The van der Waals surface area contributed by atoms with Gasteiger partial charge in [-0.15, -0.1) is 0 Å². The van der Waals surface area contributed by atoms with E-state index in [0.717, 1.165) is 5.82 Å². The predicted octanol–water partition coefficient (Wildman–Crippen LogP) is -0.918. The highest BCUT2D eigenvalue weighted by molar-refractivity contribution is 5.81. The Hall–Kier alpha value is -1.43. The zero-order valence-electron chi connectivity index (χ0n) is 9.32. The van der Waals surface area contributed by atoms with Gasteiger partial charge in [0.25, 0.3) is 0 Å². The number of aryl methyl sites for hydroxylation is 1. The Morgan fingerprint density at radius 1 is 1.67 bits per heavy atom. The quantitative estimate of drug-likeness (QED) is 0.661. The van der Waals surface area contributed by atoms with E-state index in [9.17, 15) is 4.79 Å². The van der Waals surface area contributed by atoms with Gasteiger partial charge in [0.2, 0.25) is 5.91 Å². The summed E-state index contributed by atoms with van der Waals surface area (Å²) in [5, 5.41) is 9.78. The molecule has 1 heterocycles. The molecule has 0 spiro atoms. The molecule has 1 atom stereocenters. The zero-order valence-corrected chi connectivity index (χ0v) is 9.32. The predicted molar refractivity (Wildman–Crippen MR) is 56.2 cm³/mol. The van der Waals surface area contributed by atoms with Gasteiger partial charge in [0.1, 0.15) is 6.33 Å². The first-order chi connectivity index (χ1) is 7.13. The van der Waals surface area contributed by atoms with Crippen LogP contribution in [-0.2, 0) is 18.3 Å². The lowest BCUT2D eigenvalue weighted by Crippen LogP contribution is -2.41. The summed E-state index contributed by atoms with van der Waals surface area (Å²) in [5.41, 5.74) is 0. The number of amides is 1. The molecule has 2 N–H and O–H groups in total. The normalized spacial score (nSPS) is 12.5. The number of nitrogens with one attached hydrogen (secondary N) is 2. The highest BCUT2D eigenvalue weighted by Gasteiger charge is 2.09. The van der Waals surface area contributed by atoms with Crippen LogP contribution >= 0.6 is 0 Å². The average molecular weight is 211 g/mol. The van der Waals surface area contributed by atoms with Crippen molar-refractivity contribution < 1.29 is 4.79 Å². The van der Waals surface area contributed by atoms with Crippen molar-refractivity contribution in [2.45, 2.75) is 19.4 Å². The number of carbonyl (C=O) groups is 1. The SMILES string of the molecule is CNC(C)C(=O)NCCc1ncn(C)n1. The van der Waals surface area contributed by atoms with Crippen LogP contribution < -0.4 is 10.6 Å². The first kappa shape index (κ1) is 11.6. The summed E-state index contributed by atoms with van der Waals surface area (Å²) in [6.07, 6.45) is 2.30. The van der Waals surface area contributed by atoms with Gasteiger partial charge in [0, 0.05) is 20.0 Å². The van der Waals surface area contributed by atoms with E-state index in [-0.39, 0.29) is 11.9 Å². The molecule has 1 aromatic heterocycles. The van der Waals surface area contributed by atoms with Crippen LogP contribution in [0.5, 0.6) is 0 Å². The van der Waals surface area contributed by atoms with Gasteiger partial charge in [0.15, 0.2) is 5.82 Å². The van der Waals surface area contributed by atoms with Crippen molar-refractivity contribution in [3.8, 4) is 0 Å². The van der Waals surface area contributed by atoms with Gasteiger partial charge >= 0.3 is 0 Å². The number of rotatable bonds is 5. The molecule has 1 rings (SSSR count). The standard InChI is InChI=1S/C9H17N5O/c1-7(10-2)9(15)11-5-4-8-12-6-14(3)13-8/h6-7,10H,4-5H2,1-3H3,(H,11,15). The van der Waals surface area contributed by atoms with E-state index in [1.807, 2.05) is 14.0 Å². The molecule has 84 valence electrons. The summed E-state index contributed by atoms with van der Waals surface area (Å²) in [4.78, 5) is 15.4. The number of likely N-dealkylation sites (N-methyl/N-ethyl adjacent to an activating group) is 1. The third-order valence-electron chi connectivity index (χ3n) is 2.12. The second-order valence-corrected chi connectivity index (χ2v) is 3.39. The minimum Gasteiger partial charge on any atom is -0.354 e. The van der Waals surface area contributed by atoms with Gasteiger partial charge in [-0.2, -0.15) is 5.10 Å². The van der Waals surface area contributed by atoms with E-state index in [4.69, 9.17) is 0 Å². The smallest absolute Gasteiger partial charge is 0.236 e. The minimum atomic E-state index is -0.165. The fraction of sp³-hybridized carbons (Fsp3) is 0.667. The van der Waals surface area contributed by atoms with Crippen molar-refractivity contribution in [1.29, 1.82) is 0 Å². The lowest BCUT2D eigenvalue weighted by atomic mass is 10.3. The average Bonchev–Trinajstić information content (AvgIpc) is 2.63. The van der Waals surface area contributed by atoms with Gasteiger partial charge in [-0.1, -0.05) is 0 Å². The summed E-state index contributed by atoms with van der Waals surface area (Å²) in [7, 11) is 3.57. The minimum absolute atomic E-state index is 0.00608. The fourth-order valence-corrected chi connectivity index (χ4v) is 1.08. The van der Waals surface area contributed by atoms with E-state index >= 15 is 0 Å². The van der Waals surface area contributed by atoms with Crippen LogP contribution in [0.25, 0.3) is 0 Å². The Balaban J connectivity index is 2.24. The Kier molecular flexibility index (Phi) is 4.23.